The van der Waals surface area contributed by atoms with E-state index in [2.05, 4.69) is 23.0 Å². The molecule has 2 aromatic heterocycles. The molecule has 0 aliphatic heterocycles. The molecule has 1 aromatic carbocycles. The van der Waals surface area contributed by atoms with Crippen molar-refractivity contribution < 1.29 is 4.74 Å². The fourth-order valence-corrected chi connectivity index (χ4v) is 3.76. The fourth-order valence-electron chi connectivity index (χ4n) is 2.40. The Morgan fingerprint density at radius 3 is 2.76 bits per heavy atom. The van der Waals surface area contributed by atoms with Crippen molar-refractivity contribution in [3.05, 3.63) is 68.4 Å². The second-order valence-corrected chi connectivity index (χ2v) is 7.57. The van der Waals surface area contributed by atoms with E-state index >= 15 is 0 Å². The minimum Gasteiger partial charge on any atom is -0.371 e. The van der Waals surface area contributed by atoms with Crippen LogP contribution in [0.1, 0.15) is 28.8 Å². The molecule has 0 N–H and O–H groups in total. The largest absolute Gasteiger partial charge is 0.371 e. The molecule has 0 radical (unpaired) electrons. The van der Waals surface area contributed by atoms with Gasteiger partial charge in [-0.2, -0.15) is 0 Å². The Bertz CT molecular complexity index is 880. The van der Waals surface area contributed by atoms with E-state index in [0.717, 1.165) is 38.8 Å². The third kappa shape index (κ3) is 4.59. The summed E-state index contributed by atoms with van der Waals surface area (Å²) < 4.78 is 5.83. The zero-order chi connectivity index (χ0) is 17.8. The van der Waals surface area contributed by atoms with Crippen molar-refractivity contribution in [3.63, 3.8) is 0 Å². The van der Waals surface area contributed by atoms with Crippen molar-refractivity contribution in [3.8, 4) is 10.6 Å². The van der Waals surface area contributed by atoms with Crippen LogP contribution in [0.4, 0.5) is 0 Å². The van der Waals surface area contributed by atoms with Crippen molar-refractivity contribution in [1.29, 1.82) is 0 Å². The number of nitrogens with zero attached hydrogens (tertiary/aromatic N) is 2. The van der Waals surface area contributed by atoms with Gasteiger partial charge in [-0.3, -0.25) is 4.98 Å². The predicted molar refractivity (Wildman–Crippen MR) is 104 cm³/mol. The van der Waals surface area contributed by atoms with Gasteiger partial charge in [0.1, 0.15) is 5.01 Å². The molecule has 0 bridgehead atoms. The van der Waals surface area contributed by atoms with Gasteiger partial charge in [-0.15, -0.1) is 11.3 Å². The van der Waals surface area contributed by atoms with Gasteiger partial charge in [0, 0.05) is 27.5 Å². The monoisotopic (exact) mass is 392 g/mol. The topological polar surface area (TPSA) is 35.0 Å². The Hall–Kier alpha value is -1.46. The lowest BCUT2D eigenvalue weighted by Crippen LogP contribution is -1.95. The van der Waals surface area contributed by atoms with Gasteiger partial charge in [0.15, 0.2) is 0 Å². The summed E-state index contributed by atoms with van der Waals surface area (Å²) in [6, 6.07) is 9.47. The minimum absolute atomic E-state index is 0.418. The number of halogens is 2. The van der Waals surface area contributed by atoms with Crippen LogP contribution in [0.25, 0.3) is 10.6 Å². The second-order valence-electron chi connectivity index (χ2n) is 5.65. The van der Waals surface area contributed by atoms with Crippen molar-refractivity contribution >= 4 is 34.5 Å². The van der Waals surface area contributed by atoms with Crippen LogP contribution in [0.15, 0.2) is 36.5 Å². The Labute approximate surface area is 161 Å². The van der Waals surface area contributed by atoms with Gasteiger partial charge in [0.25, 0.3) is 0 Å². The van der Waals surface area contributed by atoms with E-state index in [0.29, 0.717) is 23.3 Å². The molecule has 0 atom stereocenters. The quantitative estimate of drug-likeness (QED) is 0.508. The minimum atomic E-state index is 0.418. The third-order valence-corrected chi connectivity index (χ3v) is 5.60. The molecule has 0 aliphatic carbocycles. The van der Waals surface area contributed by atoms with E-state index in [4.69, 9.17) is 27.9 Å². The molecule has 0 saturated carbocycles. The number of thiazole rings is 1. The highest BCUT2D eigenvalue weighted by atomic mass is 35.5. The van der Waals surface area contributed by atoms with E-state index < -0.39 is 0 Å². The van der Waals surface area contributed by atoms with Crippen molar-refractivity contribution in [1.82, 2.24) is 9.97 Å². The van der Waals surface area contributed by atoms with Gasteiger partial charge in [-0.25, -0.2) is 4.98 Å². The van der Waals surface area contributed by atoms with Crippen molar-refractivity contribution in [2.75, 3.05) is 0 Å². The van der Waals surface area contributed by atoms with Crippen LogP contribution in [0.5, 0.6) is 0 Å². The summed E-state index contributed by atoms with van der Waals surface area (Å²) in [6.45, 7) is 5.02. The smallest absolute Gasteiger partial charge is 0.124 e. The summed E-state index contributed by atoms with van der Waals surface area (Å²) in [5.74, 6) is 0. The Morgan fingerprint density at radius 1 is 1.12 bits per heavy atom. The second kappa shape index (κ2) is 8.28. The summed E-state index contributed by atoms with van der Waals surface area (Å²) >= 11 is 13.8. The van der Waals surface area contributed by atoms with Crippen LogP contribution >= 0.6 is 34.5 Å². The van der Waals surface area contributed by atoms with E-state index in [9.17, 15) is 0 Å². The number of hydrogen-bond donors (Lipinski definition) is 0. The van der Waals surface area contributed by atoms with Crippen molar-refractivity contribution in [2.24, 2.45) is 0 Å². The van der Waals surface area contributed by atoms with Gasteiger partial charge < -0.3 is 4.74 Å². The van der Waals surface area contributed by atoms with Crippen LogP contribution in [0.2, 0.25) is 10.0 Å². The molecule has 0 aliphatic rings. The molecule has 0 fully saturated rings. The summed E-state index contributed by atoms with van der Waals surface area (Å²) in [5, 5.41) is 2.31. The molecule has 3 rings (SSSR count). The molecule has 6 heteroatoms. The first-order valence-electron chi connectivity index (χ1n) is 8.00. The maximum absolute atomic E-state index is 6.17. The number of rotatable bonds is 6. The molecular weight excluding hydrogens is 375 g/mol. The Balaban J connectivity index is 1.69. The Kier molecular flexibility index (Phi) is 6.07. The molecule has 2 heterocycles. The maximum atomic E-state index is 6.17. The molecule has 0 saturated heterocycles. The maximum Gasteiger partial charge on any atom is 0.124 e. The molecule has 130 valence electrons. The zero-order valence-electron chi connectivity index (χ0n) is 14.1. The molecule has 0 amide bonds. The van der Waals surface area contributed by atoms with Crippen LogP contribution in [-0.4, -0.2) is 9.97 Å². The van der Waals surface area contributed by atoms with Crippen LogP contribution < -0.4 is 0 Å². The number of aromatic nitrogens is 2. The summed E-state index contributed by atoms with van der Waals surface area (Å²) in [7, 11) is 0. The first-order valence-corrected chi connectivity index (χ1v) is 9.57. The number of benzene rings is 1. The highest BCUT2D eigenvalue weighted by molar-refractivity contribution is 7.15. The molecule has 0 unspecified atom stereocenters. The van der Waals surface area contributed by atoms with Crippen LogP contribution in [0, 0.1) is 6.92 Å². The average molecular weight is 393 g/mol. The highest BCUT2D eigenvalue weighted by Crippen LogP contribution is 2.29. The van der Waals surface area contributed by atoms with Gasteiger partial charge in [-0.1, -0.05) is 30.1 Å². The lowest BCUT2D eigenvalue weighted by Gasteiger charge is -2.06. The molecule has 0 spiro atoms. The number of ether oxygens (including phenoxy) is 1. The number of aryl methyl sites for hydroxylation is 2. The number of hydrogen-bond acceptors (Lipinski definition) is 4. The molecular formula is C19H18Cl2N2OS. The normalized spacial score (nSPS) is 11.0. The third-order valence-electron chi connectivity index (χ3n) is 3.82. The highest BCUT2D eigenvalue weighted by Gasteiger charge is 2.11. The summed E-state index contributed by atoms with van der Waals surface area (Å²) in [4.78, 5) is 10.1. The van der Waals surface area contributed by atoms with Gasteiger partial charge in [0.2, 0.25) is 0 Å². The first kappa shape index (κ1) is 18.3. The van der Waals surface area contributed by atoms with Gasteiger partial charge >= 0.3 is 0 Å². The van der Waals surface area contributed by atoms with Crippen LogP contribution in [0.3, 0.4) is 0 Å². The Morgan fingerprint density at radius 2 is 1.96 bits per heavy atom. The first-order chi connectivity index (χ1) is 12.1. The van der Waals surface area contributed by atoms with E-state index in [1.807, 2.05) is 25.3 Å². The molecule has 3 aromatic rings. The average Bonchev–Trinajstić information content (AvgIpc) is 2.99. The lowest BCUT2D eigenvalue weighted by atomic mass is 10.2. The fraction of sp³-hybridized carbons (Fsp3) is 0.263. The predicted octanol–water partition coefficient (Wildman–Crippen LogP) is 6.10. The van der Waals surface area contributed by atoms with Gasteiger partial charge in [0.05, 0.1) is 23.8 Å². The SMILES string of the molecule is CCc1cc(-c2nc(C)c(COCc3cc(Cl)ccc3Cl)s2)ccn1. The molecule has 3 nitrogen and oxygen atoms in total. The van der Waals surface area contributed by atoms with Crippen LogP contribution in [-0.2, 0) is 24.4 Å². The standard InChI is InChI=1S/C19H18Cl2N2OS/c1-3-16-9-13(6-7-22-16)19-23-12(2)18(25-19)11-24-10-14-8-15(20)4-5-17(14)21/h4-9H,3,10-11H2,1-2H3. The number of pyridine rings is 1. The van der Waals surface area contributed by atoms with E-state index in [-0.39, 0.29) is 0 Å². The molecule has 25 heavy (non-hydrogen) atoms. The lowest BCUT2D eigenvalue weighted by molar-refractivity contribution is 0.109. The zero-order valence-corrected chi connectivity index (χ0v) is 16.4. The summed E-state index contributed by atoms with van der Waals surface area (Å²) in [6.07, 6.45) is 2.75. The summed E-state index contributed by atoms with van der Waals surface area (Å²) in [5.41, 5.74) is 4.05. The van der Waals surface area contributed by atoms with Crippen molar-refractivity contribution in [2.45, 2.75) is 33.5 Å². The van der Waals surface area contributed by atoms with E-state index in [1.54, 1.807) is 23.5 Å². The van der Waals surface area contributed by atoms with E-state index in [1.165, 1.54) is 0 Å². The van der Waals surface area contributed by atoms with Gasteiger partial charge in [-0.05, 0) is 49.2 Å².